The number of hydrogen-bond acceptors (Lipinski definition) is 4. The fourth-order valence-electron chi connectivity index (χ4n) is 0.543. The maximum atomic E-state index is 5.59. The Balaban J connectivity index is 3.25. The van der Waals surface area contributed by atoms with Crippen LogP contribution in [0.4, 0.5) is 5.69 Å². The van der Waals surface area contributed by atoms with Crippen molar-refractivity contribution in [3.05, 3.63) is 9.63 Å². The van der Waals surface area contributed by atoms with Crippen molar-refractivity contribution in [1.29, 1.82) is 0 Å². The second-order valence-electron chi connectivity index (χ2n) is 1.73. The molecule has 0 atom stereocenters. The first-order valence-electron chi connectivity index (χ1n) is 2.68. The van der Waals surface area contributed by atoms with E-state index in [1.165, 1.54) is 7.11 Å². The van der Waals surface area contributed by atoms with Crippen LogP contribution < -0.4 is 10.5 Å². The van der Waals surface area contributed by atoms with Gasteiger partial charge in [-0.05, 0) is 15.9 Å². The SMILES string of the molecule is COc1nnc(Cl)c(Br)c1N. The van der Waals surface area contributed by atoms with Gasteiger partial charge in [0.2, 0.25) is 0 Å². The molecule has 0 radical (unpaired) electrons. The van der Waals surface area contributed by atoms with Crippen LogP contribution in [0, 0.1) is 0 Å². The van der Waals surface area contributed by atoms with Crippen molar-refractivity contribution >= 4 is 33.2 Å². The largest absolute Gasteiger partial charge is 0.478 e. The number of nitrogen functional groups attached to an aromatic ring is 1. The Kier molecular flexibility index (Phi) is 2.51. The quantitative estimate of drug-likeness (QED) is 0.805. The summed E-state index contributed by atoms with van der Waals surface area (Å²) < 4.78 is 5.30. The molecule has 4 nitrogen and oxygen atoms in total. The van der Waals surface area contributed by atoms with Gasteiger partial charge in [0.1, 0.15) is 5.69 Å². The van der Waals surface area contributed by atoms with E-state index >= 15 is 0 Å². The van der Waals surface area contributed by atoms with Crippen molar-refractivity contribution in [3.8, 4) is 5.88 Å². The zero-order valence-corrected chi connectivity index (χ0v) is 7.98. The van der Waals surface area contributed by atoms with Crippen molar-refractivity contribution in [2.75, 3.05) is 12.8 Å². The fourth-order valence-corrected chi connectivity index (χ4v) is 0.931. The molecule has 1 aromatic heterocycles. The lowest BCUT2D eigenvalue weighted by atomic mass is 10.5. The second-order valence-corrected chi connectivity index (χ2v) is 2.88. The first-order chi connectivity index (χ1) is 5.16. The van der Waals surface area contributed by atoms with Crippen LogP contribution in [0.5, 0.6) is 5.88 Å². The number of nitrogens with two attached hydrogens (primary N) is 1. The van der Waals surface area contributed by atoms with Gasteiger partial charge in [0.05, 0.1) is 11.6 Å². The van der Waals surface area contributed by atoms with Gasteiger partial charge in [-0.1, -0.05) is 11.6 Å². The molecule has 1 aromatic rings. The molecule has 2 N–H and O–H groups in total. The third-order valence-electron chi connectivity index (χ3n) is 1.07. The normalized spacial score (nSPS) is 9.73. The van der Waals surface area contributed by atoms with E-state index in [4.69, 9.17) is 22.1 Å². The van der Waals surface area contributed by atoms with E-state index in [1.807, 2.05) is 0 Å². The molecular weight excluding hydrogens is 233 g/mol. The summed E-state index contributed by atoms with van der Waals surface area (Å²) in [7, 11) is 1.46. The zero-order chi connectivity index (χ0) is 8.43. The van der Waals surface area contributed by atoms with Gasteiger partial charge < -0.3 is 10.5 Å². The minimum absolute atomic E-state index is 0.225. The molecule has 11 heavy (non-hydrogen) atoms. The van der Waals surface area contributed by atoms with Crippen LogP contribution in [0.25, 0.3) is 0 Å². The lowest BCUT2D eigenvalue weighted by Crippen LogP contribution is -1.98. The smallest absolute Gasteiger partial charge is 0.257 e. The Bertz CT molecular complexity index is 281. The Labute approximate surface area is 76.8 Å². The van der Waals surface area contributed by atoms with E-state index in [2.05, 4.69) is 26.1 Å². The first-order valence-corrected chi connectivity index (χ1v) is 3.85. The van der Waals surface area contributed by atoms with Crippen molar-refractivity contribution in [3.63, 3.8) is 0 Å². The number of ether oxygens (including phenoxy) is 1. The number of rotatable bonds is 1. The van der Waals surface area contributed by atoms with Crippen molar-refractivity contribution in [2.45, 2.75) is 0 Å². The van der Waals surface area contributed by atoms with E-state index in [1.54, 1.807) is 0 Å². The van der Waals surface area contributed by atoms with Crippen molar-refractivity contribution in [1.82, 2.24) is 10.2 Å². The highest BCUT2D eigenvalue weighted by Gasteiger charge is 2.09. The van der Waals surface area contributed by atoms with Gasteiger partial charge >= 0.3 is 0 Å². The molecule has 0 amide bonds. The summed E-state index contributed by atoms with van der Waals surface area (Å²) in [5.74, 6) is 0.265. The Hall–Kier alpha value is -0.550. The zero-order valence-electron chi connectivity index (χ0n) is 5.64. The number of hydrogen-bond donors (Lipinski definition) is 1. The molecule has 0 aliphatic rings. The predicted octanol–water partition coefficient (Wildman–Crippen LogP) is 1.48. The maximum absolute atomic E-state index is 5.59. The van der Waals surface area contributed by atoms with Crippen LogP contribution in [0.1, 0.15) is 0 Å². The number of methoxy groups -OCH3 is 1. The molecule has 60 valence electrons. The van der Waals surface area contributed by atoms with Crippen LogP contribution >= 0.6 is 27.5 Å². The highest BCUT2D eigenvalue weighted by atomic mass is 79.9. The third kappa shape index (κ3) is 1.54. The molecule has 0 bridgehead atoms. The average Bonchev–Trinajstić information content (AvgIpc) is 2.01. The molecule has 0 unspecified atom stereocenters. The van der Waals surface area contributed by atoms with Gasteiger partial charge in [0.15, 0.2) is 5.15 Å². The number of nitrogens with zero attached hydrogens (tertiary/aromatic N) is 2. The number of anilines is 1. The molecule has 0 aliphatic carbocycles. The molecule has 0 aliphatic heterocycles. The average molecular weight is 238 g/mol. The van der Waals surface area contributed by atoms with Gasteiger partial charge in [-0.15, -0.1) is 10.2 Å². The maximum Gasteiger partial charge on any atom is 0.257 e. The topological polar surface area (TPSA) is 61.0 Å². The highest BCUT2D eigenvalue weighted by molar-refractivity contribution is 9.10. The minimum Gasteiger partial charge on any atom is -0.478 e. The Morgan fingerprint density at radius 2 is 2.18 bits per heavy atom. The fraction of sp³-hybridized carbons (Fsp3) is 0.200. The van der Waals surface area contributed by atoms with Crippen LogP contribution in [-0.2, 0) is 0 Å². The summed E-state index contributed by atoms with van der Waals surface area (Å²) in [5.41, 5.74) is 5.89. The van der Waals surface area contributed by atoms with E-state index in [0.29, 0.717) is 10.2 Å². The minimum atomic E-state index is 0.225. The molecule has 0 aromatic carbocycles. The summed E-state index contributed by atoms with van der Waals surface area (Å²) in [6.45, 7) is 0. The summed E-state index contributed by atoms with van der Waals surface area (Å²) >= 11 is 8.72. The lowest BCUT2D eigenvalue weighted by molar-refractivity contribution is 0.394. The molecule has 1 rings (SSSR count). The summed E-state index contributed by atoms with van der Waals surface area (Å²) in [6.07, 6.45) is 0. The molecular formula is C5H5BrClN3O. The van der Waals surface area contributed by atoms with E-state index in [-0.39, 0.29) is 11.0 Å². The van der Waals surface area contributed by atoms with E-state index < -0.39 is 0 Å². The van der Waals surface area contributed by atoms with Crippen molar-refractivity contribution < 1.29 is 4.74 Å². The predicted molar refractivity (Wildman–Crippen MR) is 45.7 cm³/mol. The Morgan fingerprint density at radius 1 is 1.55 bits per heavy atom. The lowest BCUT2D eigenvalue weighted by Gasteiger charge is -2.03. The van der Waals surface area contributed by atoms with Gasteiger partial charge in [0, 0.05) is 0 Å². The van der Waals surface area contributed by atoms with E-state index in [9.17, 15) is 0 Å². The highest BCUT2D eigenvalue weighted by Crippen LogP contribution is 2.31. The summed E-state index contributed by atoms with van der Waals surface area (Å²) in [6, 6.07) is 0. The third-order valence-corrected chi connectivity index (χ3v) is 2.37. The molecule has 0 saturated carbocycles. The standard InChI is InChI=1S/C5H5BrClN3O/c1-11-5-3(8)2(6)4(7)9-10-5/h1H3,(H2,8,9). The summed E-state index contributed by atoms with van der Waals surface area (Å²) in [5, 5.41) is 7.40. The molecule has 0 fully saturated rings. The molecule has 0 saturated heterocycles. The molecule has 6 heteroatoms. The van der Waals surface area contributed by atoms with Crippen LogP contribution in [0.2, 0.25) is 5.15 Å². The first kappa shape index (κ1) is 8.55. The van der Waals surface area contributed by atoms with Crippen LogP contribution in [0.15, 0.2) is 4.47 Å². The molecule has 1 heterocycles. The second kappa shape index (κ2) is 3.23. The van der Waals surface area contributed by atoms with E-state index in [0.717, 1.165) is 0 Å². The number of halogens is 2. The van der Waals surface area contributed by atoms with Crippen molar-refractivity contribution in [2.24, 2.45) is 0 Å². The van der Waals surface area contributed by atoms with Crippen LogP contribution in [-0.4, -0.2) is 17.3 Å². The summed E-state index contributed by atoms with van der Waals surface area (Å²) in [4.78, 5) is 0. The Morgan fingerprint density at radius 3 is 2.73 bits per heavy atom. The van der Waals surface area contributed by atoms with Crippen LogP contribution in [0.3, 0.4) is 0 Å². The number of aromatic nitrogens is 2. The van der Waals surface area contributed by atoms with Gasteiger partial charge in [-0.3, -0.25) is 0 Å². The monoisotopic (exact) mass is 237 g/mol. The van der Waals surface area contributed by atoms with Gasteiger partial charge in [-0.2, -0.15) is 0 Å². The van der Waals surface area contributed by atoms with Gasteiger partial charge in [-0.25, -0.2) is 0 Å². The van der Waals surface area contributed by atoms with Gasteiger partial charge in [0.25, 0.3) is 5.88 Å². The molecule has 0 spiro atoms.